The topological polar surface area (TPSA) is 53.1 Å². The highest BCUT2D eigenvalue weighted by atomic mass is 79.9. The molecule has 0 saturated carbocycles. The van der Waals surface area contributed by atoms with E-state index < -0.39 is 6.04 Å². The van der Waals surface area contributed by atoms with E-state index in [4.69, 9.17) is 10.5 Å². The SMILES string of the molecule is COCCn1ncc(Br)c1C(N)c1ccccc1F. The molecule has 6 heteroatoms. The first-order valence-electron chi connectivity index (χ1n) is 5.85. The van der Waals surface area contributed by atoms with E-state index >= 15 is 0 Å². The fourth-order valence-corrected chi connectivity index (χ4v) is 2.45. The van der Waals surface area contributed by atoms with Crippen LogP contribution in [0.1, 0.15) is 17.3 Å². The predicted octanol–water partition coefficient (Wildman–Crippen LogP) is 2.48. The van der Waals surface area contributed by atoms with Crippen LogP contribution in [0.2, 0.25) is 0 Å². The van der Waals surface area contributed by atoms with Crippen molar-refractivity contribution in [2.75, 3.05) is 13.7 Å². The molecule has 1 heterocycles. The third-order valence-electron chi connectivity index (χ3n) is 2.88. The normalized spacial score (nSPS) is 12.6. The van der Waals surface area contributed by atoms with Gasteiger partial charge in [-0.3, -0.25) is 4.68 Å². The maximum Gasteiger partial charge on any atom is 0.128 e. The van der Waals surface area contributed by atoms with Crippen molar-refractivity contribution in [1.29, 1.82) is 0 Å². The van der Waals surface area contributed by atoms with E-state index in [0.717, 1.165) is 10.2 Å². The molecule has 0 bridgehead atoms. The van der Waals surface area contributed by atoms with Gasteiger partial charge in [-0.2, -0.15) is 5.10 Å². The number of halogens is 2. The molecule has 4 nitrogen and oxygen atoms in total. The minimum Gasteiger partial charge on any atom is -0.383 e. The molecule has 19 heavy (non-hydrogen) atoms. The van der Waals surface area contributed by atoms with E-state index in [1.165, 1.54) is 6.07 Å². The number of nitrogens with zero attached hydrogens (tertiary/aromatic N) is 2. The summed E-state index contributed by atoms with van der Waals surface area (Å²) >= 11 is 3.40. The van der Waals surface area contributed by atoms with E-state index in [-0.39, 0.29) is 5.82 Å². The molecule has 0 spiro atoms. The summed E-state index contributed by atoms with van der Waals surface area (Å²) in [6, 6.07) is 5.92. The Morgan fingerprint density at radius 1 is 1.47 bits per heavy atom. The highest BCUT2D eigenvalue weighted by Gasteiger charge is 2.20. The summed E-state index contributed by atoms with van der Waals surface area (Å²) in [4.78, 5) is 0. The van der Waals surface area contributed by atoms with Crippen LogP contribution in [0.15, 0.2) is 34.9 Å². The highest BCUT2D eigenvalue weighted by Crippen LogP contribution is 2.28. The molecule has 0 saturated heterocycles. The molecule has 102 valence electrons. The number of benzene rings is 1. The Morgan fingerprint density at radius 3 is 2.89 bits per heavy atom. The number of hydrogen-bond donors (Lipinski definition) is 1. The number of hydrogen-bond acceptors (Lipinski definition) is 3. The molecular formula is C13H15BrFN3O. The predicted molar refractivity (Wildman–Crippen MR) is 74.2 cm³/mol. The van der Waals surface area contributed by atoms with E-state index in [9.17, 15) is 4.39 Å². The van der Waals surface area contributed by atoms with Crippen LogP contribution in [0.4, 0.5) is 4.39 Å². The molecule has 1 aromatic heterocycles. The summed E-state index contributed by atoms with van der Waals surface area (Å²) in [5.74, 6) is -0.318. The van der Waals surface area contributed by atoms with Gasteiger partial charge in [-0.05, 0) is 22.0 Å². The van der Waals surface area contributed by atoms with Crippen LogP contribution < -0.4 is 5.73 Å². The lowest BCUT2D eigenvalue weighted by molar-refractivity contribution is 0.182. The van der Waals surface area contributed by atoms with E-state index in [0.29, 0.717) is 18.7 Å². The summed E-state index contributed by atoms with van der Waals surface area (Å²) < 4.78 is 21.3. The smallest absolute Gasteiger partial charge is 0.128 e. The van der Waals surface area contributed by atoms with Crippen molar-refractivity contribution in [3.8, 4) is 0 Å². The molecule has 0 aliphatic heterocycles. The van der Waals surface area contributed by atoms with E-state index in [1.807, 2.05) is 0 Å². The van der Waals surface area contributed by atoms with Gasteiger partial charge in [-0.15, -0.1) is 0 Å². The zero-order valence-corrected chi connectivity index (χ0v) is 12.1. The van der Waals surface area contributed by atoms with Crippen molar-refractivity contribution in [1.82, 2.24) is 9.78 Å². The lowest BCUT2D eigenvalue weighted by Crippen LogP contribution is -2.20. The van der Waals surface area contributed by atoms with Gasteiger partial charge in [-0.1, -0.05) is 18.2 Å². The number of rotatable bonds is 5. The Balaban J connectivity index is 2.35. The standard InChI is InChI=1S/C13H15BrFN3O/c1-19-7-6-18-13(10(14)8-17-18)12(16)9-4-2-3-5-11(9)15/h2-5,8,12H,6-7,16H2,1H3. The summed E-state index contributed by atoms with van der Waals surface area (Å²) in [5, 5.41) is 4.22. The van der Waals surface area contributed by atoms with Crippen LogP contribution in [0.5, 0.6) is 0 Å². The van der Waals surface area contributed by atoms with Gasteiger partial charge in [0.2, 0.25) is 0 Å². The van der Waals surface area contributed by atoms with Crippen LogP contribution in [-0.4, -0.2) is 23.5 Å². The third-order valence-corrected chi connectivity index (χ3v) is 3.49. The van der Waals surface area contributed by atoms with Gasteiger partial charge in [-0.25, -0.2) is 4.39 Å². The first-order valence-corrected chi connectivity index (χ1v) is 6.64. The second-order valence-electron chi connectivity index (χ2n) is 4.09. The molecule has 0 aliphatic carbocycles. The van der Waals surface area contributed by atoms with E-state index in [2.05, 4.69) is 21.0 Å². The van der Waals surface area contributed by atoms with Gasteiger partial charge in [0.15, 0.2) is 0 Å². The summed E-state index contributed by atoms with van der Waals surface area (Å²) in [6.45, 7) is 1.09. The molecule has 2 N–H and O–H groups in total. The average molecular weight is 328 g/mol. The van der Waals surface area contributed by atoms with Gasteiger partial charge in [0.05, 0.1) is 35.6 Å². The molecule has 0 aliphatic rings. The van der Waals surface area contributed by atoms with E-state index in [1.54, 1.807) is 36.2 Å². The lowest BCUT2D eigenvalue weighted by atomic mass is 10.0. The Morgan fingerprint density at radius 2 is 2.21 bits per heavy atom. The quantitative estimate of drug-likeness (QED) is 0.917. The van der Waals surface area contributed by atoms with Crippen LogP contribution in [0, 0.1) is 5.82 Å². The Labute approximate surface area is 119 Å². The Bertz CT molecular complexity index is 559. The first-order chi connectivity index (χ1) is 9.15. The Kier molecular flexibility index (Phi) is 4.68. The first kappa shape index (κ1) is 14.2. The number of nitrogens with two attached hydrogens (primary N) is 1. The molecule has 2 rings (SSSR count). The average Bonchev–Trinajstić information content (AvgIpc) is 2.77. The maximum absolute atomic E-state index is 13.8. The molecule has 2 aromatic rings. The van der Waals surface area contributed by atoms with Crippen molar-refractivity contribution >= 4 is 15.9 Å². The second-order valence-corrected chi connectivity index (χ2v) is 4.95. The second kappa shape index (κ2) is 6.27. The molecule has 1 aromatic carbocycles. The Hall–Kier alpha value is -1.24. The van der Waals surface area contributed by atoms with Crippen molar-refractivity contribution in [3.05, 3.63) is 52.0 Å². The maximum atomic E-state index is 13.8. The number of methoxy groups -OCH3 is 1. The molecule has 0 amide bonds. The largest absolute Gasteiger partial charge is 0.383 e. The minimum atomic E-state index is -0.574. The van der Waals surface area contributed by atoms with Crippen LogP contribution in [0.3, 0.4) is 0 Å². The zero-order chi connectivity index (χ0) is 13.8. The van der Waals surface area contributed by atoms with Crippen LogP contribution in [0.25, 0.3) is 0 Å². The minimum absolute atomic E-state index is 0.318. The van der Waals surface area contributed by atoms with Gasteiger partial charge in [0, 0.05) is 12.7 Å². The number of aromatic nitrogens is 2. The summed E-state index contributed by atoms with van der Waals surface area (Å²) in [6.07, 6.45) is 1.66. The van der Waals surface area contributed by atoms with Crippen molar-refractivity contribution < 1.29 is 9.13 Å². The number of ether oxygens (including phenoxy) is 1. The fraction of sp³-hybridized carbons (Fsp3) is 0.308. The zero-order valence-electron chi connectivity index (χ0n) is 10.5. The molecule has 0 fully saturated rings. The summed E-state index contributed by atoms with van der Waals surface area (Å²) in [7, 11) is 1.62. The molecule has 0 radical (unpaired) electrons. The van der Waals surface area contributed by atoms with Crippen LogP contribution in [-0.2, 0) is 11.3 Å². The van der Waals surface area contributed by atoms with Gasteiger partial charge in [0.1, 0.15) is 5.82 Å². The van der Waals surface area contributed by atoms with Crippen molar-refractivity contribution in [2.24, 2.45) is 5.73 Å². The third kappa shape index (κ3) is 3.02. The molecule has 1 unspecified atom stereocenters. The monoisotopic (exact) mass is 327 g/mol. The summed E-state index contributed by atoms with van der Waals surface area (Å²) in [5.41, 5.74) is 7.35. The lowest BCUT2D eigenvalue weighted by Gasteiger charge is -2.16. The van der Waals surface area contributed by atoms with Crippen molar-refractivity contribution in [2.45, 2.75) is 12.6 Å². The van der Waals surface area contributed by atoms with Gasteiger partial charge in [0.25, 0.3) is 0 Å². The molecular weight excluding hydrogens is 313 g/mol. The fourth-order valence-electron chi connectivity index (χ4n) is 1.91. The van der Waals surface area contributed by atoms with Gasteiger partial charge >= 0.3 is 0 Å². The van der Waals surface area contributed by atoms with Gasteiger partial charge < -0.3 is 10.5 Å². The van der Waals surface area contributed by atoms with Crippen LogP contribution >= 0.6 is 15.9 Å². The van der Waals surface area contributed by atoms with Crippen molar-refractivity contribution in [3.63, 3.8) is 0 Å². The highest BCUT2D eigenvalue weighted by molar-refractivity contribution is 9.10. The molecule has 1 atom stereocenters.